The molecule has 0 aliphatic heterocycles. The minimum atomic E-state index is -0.249. The SMILES string of the molecule is F/C(=C/Br)c1ccccc1. The Morgan fingerprint density at radius 3 is 2.40 bits per heavy atom. The standard InChI is InChI=1S/C8H6BrF/c9-6-8(10)7-4-2-1-3-5-7/h1-6H/b8-6+. The predicted molar refractivity (Wildman–Crippen MR) is 44.5 cm³/mol. The smallest absolute Gasteiger partial charge is 0.137 e. The van der Waals surface area contributed by atoms with Crippen LogP contribution in [0.3, 0.4) is 0 Å². The Hall–Kier alpha value is -0.630. The van der Waals surface area contributed by atoms with E-state index in [0.29, 0.717) is 5.56 Å². The van der Waals surface area contributed by atoms with Crippen molar-refractivity contribution in [1.82, 2.24) is 0 Å². The third-order valence-electron chi connectivity index (χ3n) is 1.15. The van der Waals surface area contributed by atoms with Crippen molar-refractivity contribution in [2.45, 2.75) is 0 Å². The van der Waals surface area contributed by atoms with Gasteiger partial charge in [-0.15, -0.1) is 0 Å². The summed E-state index contributed by atoms with van der Waals surface area (Å²) in [5.41, 5.74) is 0.597. The predicted octanol–water partition coefficient (Wildman–Crippen LogP) is 3.35. The van der Waals surface area contributed by atoms with Gasteiger partial charge in [-0.1, -0.05) is 46.3 Å². The Labute approximate surface area is 67.5 Å². The molecular weight excluding hydrogens is 195 g/mol. The zero-order chi connectivity index (χ0) is 7.40. The molecule has 0 N–H and O–H groups in total. The van der Waals surface area contributed by atoms with Crippen LogP contribution in [-0.4, -0.2) is 0 Å². The Bertz CT molecular complexity index is 228. The Morgan fingerprint density at radius 2 is 1.90 bits per heavy atom. The van der Waals surface area contributed by atoms with E-state index in [4.69, 9.17) is 0 Å². The molecule has 0 saturated carbocycles. The molecular formula is C8H6BrF. The molecule has 0 aromatic heterocycles. The fourth-order valence-corrected chi connectivity index (χ4v) is 0.925. The first-order valence-corrected chi connectivity index (χ1v) is 3.77. The fourth-order valence-electron chi connectivity index (χ4n) is 0.660. The van der Waals surface area contributed by atoms with Crippen LogP contribution in [0.4, 0.5) is 4.39 Å². The normalized spacial score (nSPS) is 11.6. The molecule has 0 radical (unpaired) electrons. The van der Waals surface area contributed by atoms with Crippen molar-refractivity contribution in [2.24, 2.45) is 0 Å². The zero-order valence-corrected chi connectivity index (χ0v) is 6.81. The highest BCUT2D eigenvalue weighted by Crippen LogP contribution is 2.15. The molecule has 0 spiro atoms. The third kappa shape index (κ3) is 1.67. The van der Waals surface area contributed by atoms with Crippen molar-refractivity contribution in [3.63, 3.8) is 0 Å². The van der Waals surface area contributed by atoms with Crippen LogP contribution in [0.1, 0.15) is 5.56 Å². The molecule has 0 atom stereocenters. The maximum absolute atomic E-state index is 12.7. The van der Waals surface area contributed by atoms with E-state index >= 15 is 0 Å². The van der Waals surface area contributed by atoms with Crippen LogP contribution in [-0.2, 0) is 0 Å². The van der Waals surface area contributed by atoms with Crippen LogP contribution in [0, 0.1) is 0 Å². The van der Waals surface area contributed by atoms with Gasteiger partial charge in [-0.2, -0.15) is 0 Å². The molecule has 0 heterocycles. The number of halogens is 2. The van der Waals surface area contributed by atoms with E-state index in [1.54, 1.807) is 24.3 Å². The highest BCUT2D eigenvalue weighted by Gasteiger charge is 1.94. The maximum Gasteiger partial charge on any atom is 0.137 e. The van der Waals surface area contributed by atoms with Crippen molar-refractivity contribution in [3.05, 3.63) is 40.9 Å². The van der Waals surface area contributed by atoms with Gasteiger partial charge in [0.05, 0.1) is 0 Å². The first-order chi connectivity index (χ1) is 4.84. The molecule has 0 nitrogen and oxygen atoms in total. The summed E-state index contributed by atoms with van der Waals surface area (Å²) in [4.78, 5) is 1.27. The van der Waals surface area contributed by atoms with Gasteiger partial charge < -0.3 is 0 Å². The molecule has 1 rings (SSSR count). The molecule has 2 heteroatoms. The summed E-state index contributed by atoms with van der Waals surface area (Å²) in [5, 5.41) is 0. The third-order valence-corrected chi connectivity index (χ3v) is 1.55. The molecule has 52 valence electrons. The summed E-state index contributed by atoms with van der Waals surface area (Å²) < 4.78 is 12.7. The van der Waals surface area contributed by atoms with Gasteiger partial charge in [0.2, 0.25) is 0 Å². The largest absolute Gasteiger partial charge is 0.206 e. The van der Waals surface area contributed by atoms with Crippen molar-refractivity contribution in [2.75, 3.05) is 0 Å². The molecule has 0 aliphatic rings. The first kappa shape index (κ1) is 7.48. The van der Waals surface area contributed by atoms with E-state index < -0.39 is 0 Å². The lowest BCUT2D eigenvalue weighted by atomic mass is 10.2. The first-order valence-electron chi connectivity index (χ1n) is 2.86. The minimum absolute atomic E-state index is 0.249. The summed E-state index contributed by atoms with van der Waals surface area (Å²) in [6.45, 7) is 0. The number of hydrogen-bond acceptors (Lipinski definition) is 0. The Kier molecular flexibility index (Phi) is 2.63. The van der Waals surface area contributed by atoms with Crippen LogP contribution in [0.25, 0.3) is 5.83 Å². The lowest BCUT2D eigenvalue weighted by Crippen LogP contribution is -1.72. The minimum Gasteiger partial charge on any atom is -0.206 e. The number of hydrogen-bond donors (Lipinski definition) is 0. The van der Waals surface area contributed by atoms with Gasteiger partial charge in [-0.05, 0) is 0 Å². The molecule has 0 aliphatic carbocycles. The molecule has 0 bridgehead atoms. The van der Waals surface area contributed by atoms with Crippen molar-refractivity contribution < 1.29 is 4.39 Å². The summed E-state index contributed by atoms with van der Waals surface area (Å²) in [6.07, 6.45) is 0. The van der Waals surface area contributed by atoms with Gasteiger partial charge in [-0.25, -0.2) is 4.39 Å². The van der Waals surface area contributed by atoms with Gasteiger partial charge in [0.25, 0.3) is 0 Å². The summed E-state index contributed by atoms with van der Waals surface area (Å²) in [7, 11) is 0. The van der Waals surface area contributed by atoms with E-state index in [0.717, 1.165) is 0 Å². The monoisotopic (exact) mass is 200 g/mol. The summed E-state index contributed by atoms with van der Waals surface area (Å²) in [6, 6.07) is 8.88. The van der Waals surface area contributed by atoms with Gasteiger partial charge in [0, 0.05) is 10.5 Å². The van der Waals surface area contributed by atoms with Crippen molar-refractivity contribution >= 4 is 21.8 Å². The van der Waals surface area contributed by atoms with Gasteiger partial charge in [0.1, 0.15) is 5.83 Å². The van der Waals surface area contributed by atoms with E-state index in [1.807, 2.05) is 6.07 Å². The average molecular weight is 201 g/mol. The van der Waals surface area contributed by atoms with Crippen LogP contribution in [0.2, 0.25) is 0 Å². The van der Waals surface area contributed by atoms with Gasteiger partial charge in [-0.3, -0.25) is 0 Å². The number of benzene rings is 1. The summed E-state index contributed by atoms with van der Waals surface area (Å²) >= 11 is 2.91. The second-order valence-corrected chi connectivity index (χ2v) is 2.28. The number of rotatable bonds is 1. The fraction of sp³-hybridized carbons (Fsp3) is 0. The molecule has 0 fully saturated rings. The lowest BCUT2D eigenvalue weighted by Gasteiger charge is -1.92. The average Bonchev–Trinajstić information content (AvgIpc) is 2.05. The van der Waals surface area contributed by atoms with Crippen LogP contribution in [0.5, 0.6) is 0 Å². The lowest BCUT2D eigenvalue weighted by molar-refractivity contribution is 0.762. The van der Waals surface area contributed by atoms with Crippen LogP contribution < -0.4 is 0 Å². The van der Waals surface area contributed by atoms with E-state index in [1.165, 1.54) is 4.99 Å². The topological polar surface area (TPSA) is 0 Å². The second-order valence-electron chi connectivity index (χ2n) is 1.82. The van der Waals surface area contributed by atoms with Crippen LogP contribution >= 0.6 is 15.9 Å². The summed E-state index contributed by atoms with van der Waals surface area (Å²) in [5.74, 6) is -0.249. The molecule has 0 amide bonds. The van der Waals surface area contributed by atoms with Gasteiger partial charge in [0.15, 0.2) is 0 Å². The Balaban J connectivity index is 2.96. The highest BCUT2D eigenvalue weighted by molar-refractivity contribution is 9.11. The Morgan fingerprint density at radius 1 is 1.30 bits per heavy atom. The molecule has 10 heavy (non-hydrogen) atoms. The molecule has 1 aromatic rings. The second kappa shape index (κ2) is 3.52. The molecule has 0 unspecified atom stereocenters. The quantitative estimate of drug-likeness (QED) is 0.653. The zero-order valence-electron chi connectivity index (χ0n) is 5.22. The van der Waals surface area contributed by atoms with Crippen molar-refractivity contribution in [3.8, 4) is 0 Å². The van der Waals surface area contributed by atoms with E-state index in [-0.39, 0.29) is 5.83 Å². The molecule has 1 aromatic carbocycles. The molecule has 0 saturated heterocycles. The van der Waals surface area contributed by atoms with E-state index in [9.17, 15) is 4.39 Å². The van der Waals surface area contributed by atoms with Crippen molar-refractivity contribution in [1.29, 1.82) is 0 Å². The van der Waals surface area contributed by atoms with Gasteiger partial charge >= 0.3 is 0 Å². The highest BCUT2D eigenvalue weighted by atomic mass is 79.9. The maximum atomic E-state index is 12.7. The van der Waals surface area contributed by atoms with E-state index in [2.05, 4.69) is 15.9 Å². The van der Waals surface area contributed by atoms with Crippen LogP contribution in [0.15, 0.2) is 35.3 Å².